The van der Waals surface area contributed by atoms with E-state index in [0.29, 0.717) is 25.0 Å². The van der Waals surface area contributed by atoms with Crippen LogP contribution in [0.3, 0.4) is 0 Å². The summed E-state index contributed by atoms with van der Waals surface area (Å²) in [6, 6.07) is 4.04. The van der Waals surface area contributed by atoms with Crippen LogP contribution in [0.15, 0.2) is 16.5 Å². The molecule has 0 aliphatic carbocycles. The predicted molar refractivity (Wildman–Crippen MR) is 99.6 cm³/mol. The summed E-state index contributed by atoms with van der Waals surface area (Å²) in [4.78, 5) is 22.8. The first kappa shape index (κ1) is 21.5. The van der Waals surface area contributed by atoms with E-state index in [2.05, 4.69) is 11.7 Å². The van der Waals surface area contributed by atoms with E-state index in [1.54, 1.807) is 0 Å². The van der Waals surface area contributed by atoms with Gasteiger partial charge in [0.15, 0.2) is 0 Å². The van der Waals surface area contributed by atoms with E-state index in [1.165, 1.54) is 7.11 Å². The van der Waals surface area contributed by atoms with Crippen LogP contribution in [0, 0.1) is 0 Å². The third-order valence-corrected chi connectivity index (χ3v) is 4.46. The fourth-order valence-corrected chi connectivity index (χ4v) is 2.85. The summed E-state index contributed by atoms with van der Waals surface area (Å²) in [5.41, 5.74) is 0. The normalized spacial score (nSPS) is 10.8. The Labute approximate surface area is 152 Å². The molecule has 0 aliphatic heterocycles. The van der Waals surface area contributed by atoms with Crippen LogP contribution < -0.4 is 0 Å². The lowest BCUT2D eigenvalue weighted by molar-refractivity contribution is -0.140. The van der Waals surface area contributed by atoms with Gasteiger partial charge in [0.05, 0.1) is 7.11 Å². The number of rotatable bonds is 15. The van der Waals surface area contributed by atoms with Crippen molar-refractivity contribution in [2.75, 3.05) is 7.11 Å². The molecule has 4 heteroatoms. The van der Waals surface area contributed by atoms with Crippen molar-refractivity contribution in [2.45, 2.75) is 90.4 Å². The molecule has 0 bridgehead atoms. The number of hydrogen-bond donors (Lipinski definition) is 0. The summed E-state index contributed by atoms with van der Waals surface area (Å²) in [5, 5.41) is 0. The number of Topliss-reactive ketones (excluding diaryl/α,β-unsaturated/α-hetero) is 1. The van der Waals surface area contributed by atoms with Crippen molar-refractivity contribution < 1.29 is 18.7 Å². The van der Waals surface area contributed by atoms with Crippen LogP contribution in [-0.2, 0) is 27.2 Å². The second kappa shape index (κ2) is 13.7. The fourth-order valence-electron chi connectivity index (χ4n) is 2.85. The zero-order valence-electron chi connectivity index (χ0n) is 16.0. The second-order valence-electron chi connectivity index (χ2n) is 6.71. The molecule has 1 rings (SSSR count). The van der Waals surface area contributed by atoms with Crippen LogP contribution in [0.4, 0.5) is 0 Å². The zero-order valence-corrected chi connectivity index (χ0v) is 16.0. The van der Waals surface area contributed by atoms with E-state index in [-0.39, 0.29) is 5.97 Å². The number of unbranched alkanes of at least 4 members (excludes halogenated alkanes) is 6. The van der Waals surface area contributed by atoms with Crippen LogP contribution in [0.25, 0.3) is 0 Å². The molecule has 25 heavy (non-hydrogen) atoms. The topological polar surface area (TPSA) is 56.5 Å². The van der Waals surface area contributed by atoms with E-state index in [4.69, 9.17) is 4.42 Å². The molecule has 0 amide bonds. The average Bonchev–Trinajstić information content (AvgIpc) is 3.07. The number of ether oxygens (including phenoxy) is 1. The highest BCUT2D eigenvalue weighted by atomic mass is 16.5. The molecule has 0 atom stereocenters. The second-order valence-corrected chi connectivity index (χ2v) is 6.71. The van der Waals surface area contributed by atoms with E-state index in [9.17, 15) is 9.59 Å². The van der Waals surface area contributed by atoms with Crippen LogP contribution >= 0.6 is 0 Å². The molecule has 0 aliphatic rings. The molecule has 0 spiro atoms. The molecule has 0 saturated carbocycles. The lowest BCUT2D eigenvalue weighted by Crippen LogP contribution is -1.99. The molecule has 0 saturated heterocycles. The van der Waals surface area contributed by atoms with Crippen molar-refractivity contribution in [3.05, 3.63) is 23.7 Å². The minimum atomic E-state index is -0.119. The highest BCUT2D eigenvalue weighted by Crippen LogP contribution is 2.15. The molecule has 0 radical (unpaired) electrons. The Morgan fingerprint density at radius 1 is 0.840 bits per heavy atom. The number of aryl methyl sites for hydroxylation is 2. The molecule has 0 unspecified atom stereocenters. The minimum absolute atomic E-state index is 0.119. The highest BCUT2D eigenvalue weighted by molar-refractivity contribution is 5.78. The summed E-state index contributed by atoms with van der Waals surface area (Å²) in [6.45, 7) is 2.15. The lowest BCUT2D eigenvalue weighted by Gasteiger charge is -2.01. The first-order chi connectivity index (χ1) is 12.2. The Morgan fingerprint density at radius 3 is 2.20 bits per heavy atom. The van der Waals surface area contributed by atoms with Crippen LogP contribution in [-0.4, -0.2) is 18.9 Å². The van der Waals surface area contributed by atoms with Gasteiger partial charge in [-0.2, -0.15) is 0 Å². The van der Waals surface area contributed by atoms with E-state index in [1.807, 2.05) is 12.1 Å². The number of carbonyl (C=O) groups is 2. The van der Waals surface area contributed by atoms with Crippen LogP contribution in [0.2, 0.25) is 0 Å². The zero-order chi connectivity index (χ0) is 18.3. The van der Waals surface area contributed by atoms with Gasteiger partial charge >= 0.3 is 5.97 Å². The van der Waals surface area contributed by atoms with Crippen LogP contribution in [0.1, 0.15) is 89.1 Å². The maximum atomic E-state index is 11.8. The van der Waals surface area contributed by atoms with Gasteiger partial charge in [0.2, 0.25) is 0 Å². The number of esters is 1. The van der Waals surface area contributed by atoms with Gasteiger partial charge in [0, 0.05) is 32.1 Å². The van der Waals surface area contributed by atoms with Crippen molar-refractivity contribution >= 4 is 11.8 Å². The highest BCUT2D eigenvalue weighted by Gasteiger charge is 2.06. The van der Waals surface area contributed by atoms with Crippen molar-refractivity contribution in [3.8, 4) is 0 Å². The smallest absolute Gasteiger partial charge is 0.305 e. The molecule has 1 aromatic rings. The standard InChI is InChI=1S/C21H34O4/c1-3-4-8-11-18(22)14-15-20-17-16-19(25-20)12-9-6-5-7-10-13-21(23)24-2/h16-17H,3-15H2,1-2H3. The first-order valence-corrected chi connectivity index (χ1v) is 9.81. The third-order valence-electron chi connectivity index (χ3n) is 4.46. The Hall–Kier alpha value is -1.58. The number of furan rings is 1. The summed E-state index contributed by atoms with van der Waals surface area (Å²) in [5.74, 6) is 2.17. The lowest BCUT2D eigenvalue weighted by atomic mass is 10.1. The van der Waals surface area contributed by atoms with Crippen LogP contribution in [0.5, 0.6) is 0 Å². The number of carbonyl (C=O) groups excluding carboxylic acids is 2. The van der Waals surface area contributed by atoms with Crippen molar-refractivity contribution in [1.82, 2.24) is 0 Å². The summed E-state index contributed by atoms with van der Waals surface area (Å²) >= 11 is 0. The third kappa shape index (κ3) is 10.8. The van der Waals surface area contributed by atoms with Crippen molar-refractivity contribution in [2.24, 2.45) is 0 Å². The van der Waals surface area contributed by atoms with E-state index in [0.717, 1.165) is 75.7 Å². The largest absolute Gasteiger partial charge is 0.469 e. The van der Waals surface area contributed by atoms with Gasteiger partial charge in [-0.3, -0.25) is 9.59 Å². The minimum Gasteiger partial charge on any atom is -0.469 e. The van der Waals surface area contributed by atoms with Gasteiger partial charge in [0.25, 0.3) is 0 Å². The monoisotopic (exact) mass is 350 g/mol. The predicted octanol–water partition coefficient (Wildman–Crippen LogP) is 5.42. The van der Waals surface area contributed by atoms with Gasteiger partial charge in [-0.15, -0.1) is 0 Å². The maximum Gasteiger partial charge on any atom is 0.305 e. The fraction of sp³-hybridized carbons (Fsp3) is 0.714. The molecular formula is C21H34O4. The van der Waals surface area contributed by atoms with Gasteiger partial charge in [-0.05, 0) is 31.4 Å². The maximum absolute atomic E-state index is 11.8. The molecule has 0 N–H and O–H groups in total. The molecule has 0 fully saturated rings. The van der Waals surface area contributed by atoms with Gasteiger partial charge in [0.1, 0.15) is 17.3 Å². The quantitative estimate of drug-likeness (QED) is 0.313. The summed E-state index contributed by atoms with van der Waals surface area (Å²) < 4.78 is 10.4. The van der Waals surface area contributed by atoms with E-state index >= 15 is 0 Å². The first-order valence-electron chi connectivity index (χ1n) is 9.81. The molecule has 4 nitrogen and oxygen atoms in total. The number of methoxy groups -OCH3 is 1. The molecule has 142 valence electrons. The van der Waals surface area contributed by atoms with E-state index < -0.39 is 0 Å². The summed E-state index contributed by atoms with van der Waals surface area (Å²) in [7, 11) is 1.43. The molecular weight excluding hydrogens is 316 g/mol. The Balaban J connectivity index is 2.07. The van der Waals surface area contributed by atoms with Crippen molar-refractivity contribution in [1.29, 1.82) is 0 Å². The molecule has 1 heterocycles. The number of ketones is 1. The van der Waals surface area contributed by atoms with Gasteiger partial charge < -0.3 is 9.15 Å². The molecule has 1 aromatic heterocycles. The Kier molecular flexibility index (Phi) is 11.7. The van der Waals surface area contributed by atoms with Gasteiger partial charge in [-0.1, -0.05) is 39.0 Å². The SMILES string of the molecule is CCCCCC(=O)CCc1ccc(CCCCCCCC(=O)OC)o1. The average molecular weight is 350 g/mol. The Morgan fingerprint density at radius 2 is 1.48 bits per heavy atom. The van der Waals surface area contributed by atoms with Gasteiger partial charge in [-0.25, -0.2) is 0 Å². The Bertz CT molecular complexity index is 490. The summed E-state index contributed by atoms with van der Waals surface area (Å²) in [6.07, 6.45) is 12.1. The van der Waals surface area contributed by atoms with Crippen molar-refractivity contribution in [3.63, 3.8) is 0 Å². The molecule has 0 aromatic carbocycles. The number of hydrogen-bond acceptors (Lipinski definition) is 4.